The number of benzene rings is 2. The molecular weight excluding hydrogens is 470 g/mol. The van der Waals surface area contributed by atoms with E-state index >= 15 is 0 Å². The SMILES string of the molecule is O=C(O)NC1(c2ccc(-c3nc4c(cc3-c3ccccc3)N(Cc3ncc[nH]3)C(=O)CO4)cc2)CCC1. The number of anilines is 1. The Morgan fingerprint density at radius 2 is 1.89 bits per heavy atom. The predicted molar refractivity (Wildman–Crippen MR) is 137 cm³/mol. The van der Waals surface area contributed by atoms with Gasteiger partial charge in [0.05, 0.1) is 17.8 Å². The first kappa shape index (κ1) is 22.8. The summed E-state index contributed by atoms with van der Waals surface area (Å²) >= 11 is 0. The fourth-order valence-corrected chi connectivity index (χ4v) is 5.06. The van der Waals surface area contributed by atoms with Gasteiger partial charge in [-0.25, -0.2) is 14.8 Å². The van der Waals surface area contributed by atoms with Crippen LogP contribution in [-0.4, -0.2) is 38.7 Å². The highest BCUT2D eigenvalue weighted by Gasteiger charge is 2.40. The molecule has 3 N–H and O–H groups in total. The van der Waals surface area contributed by atoms with E-state index in [1.807, 2.05) is 60.7 Å². The zero-order valence-corrected chi connectivity index (χ0v) is 20.0. The van der Waals surface area contributed by atoms with E-state index in [1.165, 1.54) is 0 Å². The van der Waals surface area contributed by atoms with Crippen LogP contribution in [0.25, 0.3) is 22.4 Å². The minimum absolute atomic E-state index is 0.104. The predicted octanol–water partition coefficient (Wildman–Crippen LogP) is 4.71. The smallest absolute Gasteiger partial charge is 0.405 e. The molecule has 9 heteroatoms. The lowest BCUT2D eigenvalue weighted by atomic mass is 9.71. The number of fused-ring (bicyclic) bond motifs is 1. The van der Waals surface area contributed by atoms with Crippen LogP contribution in [0.4, 0.5) is 10.5 Å². The molecule has 9 nitrogen and oxygen atoms in total. The van der Waals surface area contributed by atoms with Crippen molar-refractivity contribution in [2.24, 2.45) is 0 Å². The number of aromatic amines is 1. The number of aromatic nitrogens is 3. The number of H-pyrrole nitrogens is 1. The summed E-state index contributed by atoms with van der Waals surface area (Å²) in [4.78, 5) is 38.1. The lowest BCUT2D eigenvalue weighted by molar-refractivity contribution is -0.121. The van der Waals surface area contributed by atoms with E-state index in [-0.39, 0.29) is 19.1 Å². The molecule has 3 heterocycles. The van der Waals surface area contributed by atoms with E-state index in [1.54, 1.807) is 17.3 Å². The molecule has 2 amide bonds. The van der Waals surface area contributed by atoms with E-state index in [2.05, 4.69) is 15.3 Å². The van der Waals surface area contributed by atoms with Crippen molar-refractivity contribution >= 4 is 17.7 Å². The van der Waals surface area contributed by atoms with Crippen LogP contribution >= 0.6 is 0 Å². The van der Waals surface area contributed by atoms with Crippen molar-refractivity contribution in [1.82, 2.24) is 20.3 Å². The fraction of sp³-hybridized carbons (Fsp3) is 0.214. The quantitative estimate of drug-likeness (QED) is 0.356. The molecule has 0 radical (unpaired) electrons. The largest absolute Gasteiger partial charge is 0.466 e. The topological polar surface area (TPSA) is 120 Å². The van der Waals surface area contributed by atoms with E-state index < -0.39 is 11.6 Å². The van der Waals surface area contributed by atoms with Gasteiger partial charge < -0.3 is 20.1 Å². The Bertz CT molecular complexity index is 1450. The third-order valence-corrected chi connectivity index (χ3v) is 7.10. The van der Waals surface area contributed by atoms with Gasteiger partial charge in [0.1, 0.15) is 11.5 Å². The van der Waals surface area contributed by atoms with Crippen molar-refractivity contribution in [3.05, 3.63) is 84.4 Å². The average molecular weight is 496 g/mol. The van der Waals surface area contributed by atoms with Crippen molar-refractivity contribution in [1.29, 1.82) is 0 Å². The lowest BCUT2D eigenvalue weighted by Crippen LogP contribution is -2.50. The first-order chi connectivity index (χ1) is 18.0. The zero-order valence-electron chi connectivity index (χ0n) is 20.0. The van der Waals surface area contributed by atoms with Gasteiger partial charge in [0.2, 0.25) is 5.88 Å². The highest BCUT2D eigenvalue weighted by Crippen LogP contribution is 2.43. The van der Waals surface area contributed by atoms with Gasteiger partial charge in [0.15, 0.2) is 6.61 Å². The van der Waals surface area contributed by atoms with Crippen LogP contribution in [0.1, 0.15) is 30.7 Å². The van der Waals surface area contributed by atoms with E-state index in [4.69, 9.17) is 9.72 Å². The second-order valence-corrected chi connectivity index (χ2v) is 9.32. The van der Waals surface area contributed by atoms with Gasteiger partial charge in [0.25, 0.3) is 5.91 Å². The highest BCUT2D eigenvalue weighted by atomic mass is 16.5. The average Bonchev–Trinajstić information content (AvgIpc) is 3.41. The first-order valence-electron chi connectivity index (χ1n) is 12.2. The summed E-state index contributed by atoms with van der Waals surface area (Å²) in [5.74, 6) is 0.883. The van der Waals surface area contributed by atoms with Gasteiger partial charge in [-0.05, 0) is 36.5 Å². The summed E-state index contributed by atoms with van der Waals surface area (Å²) in [7, 11) is 0. The highest BCUT2D eigenvalue weighted by molar-refractivity contribution is 5.99. The van der Waals surface area contributed by atoms with E-state index in [0.717, 1.165) is 47.2 Å². The molecule has 1 fully saturated rings. The van der Waals surface area contributed by atoms with Crippen LogP contribution in [0.2, 0.25) is 0 Å². The first-order valence-corrected chi connectivity index (χ1v) is 12.2. The van der Waals surface area contributed by atoms with Gasteiger partial charge in [-0.15, -0.1) is 0 Å². The van der Waals surface area contributed by atoms with Gasteiger partial charge >= 0.3 is 6.09 Å². The molecule has 0 spiro atoms. The summed E-state index contributed by atoms with van der Waals surface area (Å²) in [5, 5.41) is 12.0. The van der Waals surface area contributed by atoms with Crippen molar-refractivity contribution in [2.45, 2.75) is 31.3 Å². The number of hydrogen-bond donors (Lipinski definition) is 3. The van der Waals surface area contributed by atoms with Crippen molar-refractivity contribution in [3.63, 3.8) is 0 Å². The molecule has 0 bridgehead atoms. The van der Waals surface area contributed by atoms with Crippen LogP contribution in [0, 0.1) is 0 Å². The minimum atomic E-state index is -1.02. The number of pyridine rings is 1. The number of imidazole rings is 1. The van der Waals surface area contributed by atoms with Crippen LogP contribution in [0.3, 0.4) is 0 Å². The number of carbonyl (C=O) groups excluding carboxylic acids is 1. The van der Waals surface area contributed by atoms with E-state index in [0.29, 0.717) is 17.4 Å². The molecule has 2 aromatic carbocycles. The summed E-state index contributed by atoms with van der Waals surface area (Å²) in [6.45, 7) is 0.179. The Balaban J connectivity index is 1.43. The number of carboxylic acid groups (broad SMARTS) is 1. The Morgan fingerprint density at radius 3 is 2.54 bits per heavy atom. The molecule has 6 rings (SSSR count). The molecule has 1 aliphatic carbocycles. The van der Waals surface area contributed by atoms with Gasteiger partial charge in [-0.3, -0.25) is 9.69 Å². The summed E-state index contributed by atoms with van der Waals surface area (Å²) in [6, 6.07) is 19.7. The molecule has 0 unspecified atom stereocenters. The van der Waals surface area contributed by atoms with Crippen LogP contribution in [0.15, 0.2) is 73.1 Å². The molecule has 37 heavy (non-hydrogen) atoms. The molecule has 186 valence electrons. The summed E-state index contributed by atoms with van der Waals surface area (Å²) in [5.41, 5.74) is 4.39. The Morgan fingerprint density at radius 1 is 1.11 bits per heavy atom. The number of ether oxygens (including phenoxy) is 1. The molecule has 1 saturated carbocycles. The van der Waals surface area contributed by atoms with Crippen LogP contribution in [0.5, 0.6) is 5.88 Å². The van der Waals surface area contributed by atoms with Crippen molar-refractivity contribution in [2.75, 3.05) is 11.5 Å². The zero-order chi connectivity index (χ0) is 25.4. The number of amides is 2. The number of carbonyl (C=O) groups is 2. The normalized spacial score (nSPS) is 15.9. The maximum absolute atomic E-state index is 12.8. The van der Waals surface area contributed by atoms with Gasteiger partial charge in [-0.2, -0.15) is 0 Å². The number of nitrogens with zero attached hydrogens (tertiary/aromatic N) is 3. The van der Waals surface area contributed by atoms with Crippen LogP contribution in [-0.2, 0) is 16.9 Å². The maximum atomic E-state index is 12.8. The third-order valence-electron chi connectivity index (χ3n) is 7.10. The summed E-state index contributed by atoms with van der Waals surface area (Å²) < 4.78 is 5.78. The minimum Gasteiger partial charge on any atom is -0.466 e. The molecular formula is C28H25N5O4. The Labute approximate surface area is 213 Å². The van der Waals surface area contributed by atoms with Crippen molar-refractivity contribution < 1.29 is 19.4 Å². The fourth-order valence-electron chi connectivity index (χ4n) is 5.06. The molecule has 0 saturated heterocycles. The maximum Gasteiger partial charge on any atom is 0.405 e. The standard InChI is InChI=1S/C28H25N5O4/c34-24-17-37-26-22(33(24)16-23-29-13-14-30-23)15-21(18-5-2-1-3-6-18)25(31-26)19-7-9-20(10-8-19)28(11-4-12-28)32-27(35)36/h1-3,5-10,13-15,32H,4,11-12,16-17H2,(H,29,30)(H,35,36). The lowest BCUT2D eigenvalue weighted by Gasteiger charge is -2.42. The number of nitrogens with one attached hydrogen (secondary N) is 2. The van der Waals surface area contributed by atoms with Crippen molar-refractivity contribution in [3.8, 4) is 28.3 Å². The van der Waals surface area contributed by atoms with Gasteiger partial charge in [-0.1, -0.05) is 54.6 Å². The molecule has 2 aliphatic rings. The molecule has 1 aliphatic heterocycles. The molecule has 4 aromatic rings. The Hall–Kier alpha value is -4.66. The monoisotopic (exact) mass is 495 g/mol. The van der Waals surface area contributed by atoms with Crippen LogP contribution < -0.4 is 15.0 Å². The van der Waals surface area contributed by atoms with E-state index in [9.17, 15) is 14.7 Å². The molecule has 2 aromatic heterocycles. The number of hydrogen-bond acceptors (Lipinski definition) is 5. The molecule has 0 atom stereocenters. The van der Waals surface area contributed by atoms with Gasteiger partial charge in [0, 0.05) is 23.5 Å². The number of rotatable bonds is 6. The third kappa shape index (κ3) is 4.18. The Kier molecular flexibility index (Phi) is 5.60. The second kappa shape index (κ2) is 9.09. The summed E-state index contributed by atoms with van der Waals surface area (Å²) in [6.07, 6.45) is 4.90. The second-order valence-electron chi connectivity index (χ2n) is 9.32.